The molecule has 2 aromatic rings. The van der Waals surface area contributed by atoms with Crippen LogP contribution in [0.3, 0.4) is 0 Å². The van der Waals surface area contributed by atoms with Gasteiger partial charge in [0.25, 0.3) is 5.91 Å². The molecule has 6 heteroatoms. The van der Waals surface area contributed by atoms with Crippen molar-refractivity contribution in [1.82, 2.24) is 0 Å². The summed E-state index contributed by atoms with van der Waals surface area (Å²) in [5, 5.41) is 4.32. The van der Waals surface area contributed by atoms with E-state index < -0.39 is 17.6 Å². The molecule has 1 aliphatic heterocycles. The standard InChI is InChI=1S/C18H16ClNO3S/c1-18(2,3)23-17(22)20-15-9-12(19)4-5-13(15)14(16(20)21)8-11-6-7-24-10-11/h4-10H,1-3H3. The maximum absolute atomic E-state index is 12.8. The van der Waals surface area contributed by atoms with Crippen LogP contribution in [-0.4, -0.2) is 17.6 Å². The molecule has 0 spiro atoms. The number of amides is 2. The van der Waals surface area contributed by atoms with Gasteiger partial charge in [-0.1, -0.05) is 17.7 Å². The highest BCUT2D eigenvalue weighted by Crippen LogP contribution is 2.40. The first-order valence-electron chi connectivity index (χ1n) is 7.37. The highest BCUT2D eigenvalue weighted by molar-refractivity contribution is 7.08. The molecule has 0 atom stereocenters. The van der Waals surface area contributed by atoms with Crippen LogP contribution in [-0.2, 0) is 9.53 Å². The number of rotatable bonds is 1. The van der Waals surface area contributed by atoms with Crippen LogP contribution in [0, 0.1) is 0 Å². The van der Waals surface area contributed by atoms with Gasteiger partial charge in [0.15, 0.2) is 0 Å². The second-order valence-corrected chi connectivity index (χ2v) is 7.61. The lowest BCUT2D eigenvalue weighted by Crippen LogP contribution is -2.38. The van der Waals surface area contributed by atoms with Gasteiger partial charge in [0.1, 0.15) is 5.60 Å². The topological polar surface area (TPSA) is 46.6 Å². The van der Waals surface area contributed by atoms with E-state index in [1.807, 2.05) is 16.8 Å². The lowest BCUT2D eigenvalue weighted by molar-refractivity contribution is -0.112. The molecule has 124 valence electrons. The summed E-state index contributed by atoms with van der Waals surface area (Å²) in [6.45, 7) is 5.27. The molecule has 24 heavy (non-hydrogen) atoms. The number of halogens is 1. The molecule has 0 bridgehead atoms. The van der Waals surface area contributed by atoms with Crippen LogP contribution in [0.15, 0.2) is 35.0 Å². The average molecular weight is 362 g/mol. The Kier molecular flexibility index (Phi) is 4.24. The lowest BCUT2D eigenvalue weighted by atomic mass is 10.1. The molecule has 4 nitrogen and oxygen atoms in total. The number of benzene rings is 1. The molecule has 0 unspecified atom stereocenters. The Labute approximate surface area is 149 Å². The number of anilines is 1. The van der Waals surface area contributed by atoms with E-state index in [1.165, 1.54) is 0 Å². The van der Waals surface area contributed by atoms with Gasteiger partial charge in [-0.2, -0.15) is 11.3 Å². The number of thiophene rings is 1. The minimum atomic E-state index is -0.704. The largest absolute Gasteiger partial charge is 0.443 e. The number of fused-ring (bicyclic) bond motifs is 1. The molecule has 1 aliphatic rings. The van der Waals surface area contributed by atoms with Gasteiger partial charge in [-0.15, -0.1) is 0 Å². The Bertz CT molecular complexity index is 834. The zero-order valence-electron chi connectivity index (χ0n) is 13.5. The van der Waals surface area contributed by atoms with Crippen molar-refractivity contribution in [2.24, 2.45) is 0 Å². The maximum Gasteiger partial charge on any atom is 0.422 e. The third kappa shape index (κ3) is 3.23. The number of carbonyl (C=O) groups is 2. The molecule has 0 aliphatic carbocycles. The Balaban J connectivity index is 2.08. The van der Waals surface area contributed by atoms with Crippen molar-refractivity contribution in [3.8, 4) is 0 Å². The summed E-state index contributed by atoms with van der Waals surface area (Å²) in [6.07, 6.45) is 1.07. The predicted molar refractivity (Wildman–Crippen MR) is 97.4 cm³/mol. The van der Waals surface area contributed by atoms with Gasteiger partial charge in [0.05, 0.1) is 11.3 Å². The van der Waals surface area contributed by atoms with E-state index in [-0.39, 0.29) is 0 Å². The monoisotopic (exact) mass is 361 g/mol. The van der Waals surface area contributed by atoms with E-state index in [0.29, 0.717) is 21.8 Å². The summed E-state index contributed by atoms with van der Waals surface area (Å²) in [7, 11) is 0. The maximum atomic E-state index is 12.8. The fraction of sp³-hybridized carbons (Fsp3) is 0.222. The van der Waals surface area contributed by atoms with Crippen LogP contribution in [0.2, 0.25) is 5.02 Å². The molecule has 0 saturated carbocycles. The van der Waals surface area contributed by atoms with E-state index in [2.05, 4.69) is 0 Å². The highest BCUT2D eigenvalue weighted by Gasteiger charge is 2.39. The highest BCUT2D eigenvalue weighted by atomic mass is 35.5. The minimum Gasteiger partial charge on any atom is -0.443 e. The number of hydrogen-bond acceptors (Lipinski definition) is 4. The zero-order valence-corrected chi connectivity index (χ0v) is 15.1. The van der Waals surface area contributed by atoms with Crippen LogP contribution >= 0.6 is 22.9 Å². The van der Waals surface area contributed by atoms with Gasteiger partial charge in [-0.05, 0) is 61.4 Å². The van der Waals surface area contributed by atoms with Crippen LogP contribution in [0.25, 0.3) is 11.6 Å². The molecular weight excluding hydrogens is 346 g/mol. The van der Waals surface area contributed by atoms with Crippen LogP contribution in [0.4, 0.5) is 10.5 Å². The molecule has 2 heterocycles. The number of ether oxygens (including phenoxy) is 1. The summed E-state index contributed by atoms with van der Waals surface area (Å²) in [5.74, 6) is -0.410. The van der Waals surface area contributed by atoms with Crippen molar-refractivity contribution in [3.63, 3.8) is 0 Å². The van der Waals surface area contributed by atoms with Crippen LogP contribution < -0.4 is 4.90 Å². The fourth-order valence-electron chi connectivity index (χ4n) is 2.41. The third-order valence-electron chi connectivity index (χ3n) is 3.35. The van der Waals surface area contributed by atoms with Crippen LogP contribution in [0.1, 0.15) is 31.9 Å². The van der Waals surface area contributed by atoms with Gasteiger partial charge in [-0.3, -0.25) is 4.79 Å². The Morgan fingerprint density at radius 3 is 2.67 bits per heavy atom. The normalized spacial score (nSPS) is 15.8. The molecule has 0 N–H and O–H groups in total. The summed E-state index contributed by atoms with van der Waals surface area (Å²) in [6, 6.07) is 6.97. The molecule has 0 radical (unpaired) electrons. The van der Waals surface area contributed by atoms with Crippen molar-refractivity contribution in [3.05, 3.63) is 51.2 Å². The third-order valence-corrected chi connectivity index (χ3v) is 4.29. The number of imide groups is 1. The Morgan fingerprint density at radius 1 is 1.29 bits per heavy atom. The quantitative estimate of drug-likeness (QED) is 0.654. The van der Waals surface area contributed by atoms with Crippen molar-refractivity contribution in [2.45, 2.75) is 26.4 Å². The molecule has 0 saturated heterocycles. The molecule has 1 aromatic carbocycles. The number of nitrogens with zero attached hydrogens (tertiary/aromatic N) is 1. The van der Waals surface area contributed by atoms with E-state index in [9.17, 15) is 9.59 Å². The van der Waals surface area contributed by atoms with Gasteiger partial charge in [-0.25, -0.2) is 9.69 Å². The fourth-order valence-corrected chi connectivity index (χ4v) is 3.20. The van der Waals surface area contributed by atoms with E-state index in [1.54, 1.807) is 56.4 Å². The van der Waals surface area contributed by atoms with Gasteiger partial charge in [0.2, 0.25) is 0 Å². The summed E-state index contributed by atoms with van der Waals surface area (Å²) >= 11 is 7.60. The predicted octanol–water partition coefficient (Wildman–Crippen LogP) is 5.22. The SMILES string of the molecule is CC(C)(C)OC(=O)N1C(=O)C(=Cc2ccsc2)c2ccc(Cl)cc21. The van der Waals surface area contributed by atoms with Crippen molar-refractivity contribution in [2.75, 3.05) is 4.90 Å². The summed E-state index contributed by atoms with van der Waals surface area (Å²) in [5.41, 5.74) is 1.78. The molecule has 3 rings (SSSR count). The van der Waals surface area contributed by atoms with Crippen LogP contribution in [0.5, 0.6) is 0 Å². The lowest BCUT2D eigenvalue weighted by Gasteiger charge is -2.23. The smallest absolute Gasteiger partial charge is 0.422 e. The molecular formula is C18H16ClNO3S. The zero-order chi connectivity index (χ0) is 17.5. The summed E-state index contributed by atoms with van der Waals surface area (Å²) < 4.78 is 5.37. The first-order valence-corrected chi connectivity index (χ1v) is 8.69. The molecule has 0 fully saturated rings. The first kappa shape index (κ1) is 16.7. The first-order chi connectivity index (χ1) is 11.3. The van der Waals surface area contributed by atoms with Crippen molar-refractivity contribution in [1.29, 1.82) is 0 Å². The number of hydrogen-bond donors (Lipinski definition) is 0. The van der Waals surface area contributed by atoms with E-state index in [0.717, 1.165) is 10.5 Å². The second kappa shape index (κ2) is 6.07. The minimum absolute atomic E-state index is 0.410. The van der Waals surface area contributed by atoms with E-state index >= 15 is 0 Å². The van der Waals surface area contributed by atoms with E-state index in [4.69, 9.17) is 16.3 Å². The van der Waals surface area contributed by atoms with Crippen molar-refractivity contribution >= 4 is 52.3 Å². The summed E-state index contributed by atoms with van der Waals surface area (Å²) in [4.78, 5) is 26.4. The Hall–Kier alpha value is -2.11. The average Bonchev–Trinajstić information content (AvgIpc) is 3.05. The van der Waals surface area contributed by atoms with Gasteiger partial charge >= 0.3 is 6.09 Å². The van der Waals surface area contributed by atoms with Crippen molar-refractivity contribution < 1.29 is 14.3 Å². The van der Waals surface area contributed by atoms with Gasteiger partial charge < -0.3 is 4.74 Å². The second-order valence-electron chi connectivity index (χ2n) is 6.40. The molecule has 1 aromatic heterocycles. The van der Waals surface area contributed by atoms with Gasteiger partial charge in [0, 0.05) is 10.6 Å². The Morgan fingerprint density at radius 2 is 2.04 bits per heavy atom. The molecule has 2 amide bonds. The number of carbonyl (C=O) groups excluding carboxylic acids is 2.